The van der Waals surface area contributed by atoms with E-state index in [1.165, 1.54) is 10.5 Å². The van der Waals surface area contributed by atoms with E-state index < -0.39 is 0 Å². The van der Waals surface area contributed by atoms with E-state index in [2.05, 4.69) is 45.0 Å². The van der Waals surface area contributed by atoms with Gasteiger partial charge in [-0.05, 0) is 42.2 Å². The molecule has 3 fully saturated rings. The molecule has 1 aromatic rings. The zero-order valence-electron chi connectivity index (χ0n) is 17.8. The molecule has 2 heterocycles. The molecule has 0 radical (unpaired) electrons. The predicted octanol–water partition coefficient (Wildman–Crippen LogP) is 3.82. The van der Waals surface area contributed by atoms with Gasteiger partial charge in [0.15, 0.2) is 0 Å². The fourth-order valence-corrected chi connectivity index (χ4v) is 5.23. The molecule has 0 bridgehead atoms. The molecule has 3 aliphatic rings. The molecule has 5 heteroatoms. The molecule has 3 atom stereocenters. The fourth-order valence-electron chi connectivity index (χ4n) is 5.23. The number of fused-ring (bicyclic) bond motifs is 1. The van der Waals surface area contributed by atoms with Crippen LogP contribution in [0.15, 0.2) is 24.3 Å². The predicted molar refractivity (Wildman–Crippen MR) is 111 cm³/mol. The Balaban J connectivity index is 1.47. The number of carbonyl (C=O) groups is 3. The second-order valence-corrected chi connectivity index (χ2v) is 9.88. The molecule has 156 valence electrons. The van der Waals surface area contributed by atoms with Gasteiger partial charge in [0.1, 0.15) is 6.54 Å². The molecular formula is C24H32N2O3. The van der Waals surface area contributed by atoms with Crippen LogP contribution in [0.3, 0.4) is 0 Å². The van der Waals surface area contributed by atoms with Crippen LogP contribution in [-0.2, 0) is 19.8 Å². The summed E-state index contributed by atoms with van der Waals surface area (Å²) in [6.07, 6.45) is 5.44. The lowest BCUT2D eigenvalue weighted by Gasteiger charge is -2.28. The van der Waals surface area contributed by atoms with Gasteiger partial charge in [0.05, 0.1) is 17.9 Å². The zero-order chi connectivity index (χ0) is 20.8. The van der Waals surface area contributed by atoms with Crippen molar-refractivity contribution in [2.24, 2.45) is 11.8 Å². The van der Waals surface area contributed by atoms with Gasteiger partial charge < -0.3 is 4.90 Å². The molecular weight excluding hydrogens is 364 g/mol. The van der Waals surface area contributed by atoms with Crippen LogP contribution in [0.1, 0.15) is 76.5 Å². The van der Waals surface area contributed by atoms with Gasteiger partial charge in [-0.3, -0.25) is 19.3 Å². The number of imide groups is 1. The summed E-state index contributed by atoms with van der Waals surface area (Å²) in [4.78, 5) is 41.6. The van der Waals surface area contributed by atoms with E-state index in [1.807, 2.05) is 4.90 Å². The first-order valence-corrected chi connectivity index (χ1v) is 11.0. The van der Waals surface area contributed by atoms with E-state index >= 15 is 0 Å². The largest absolute Gasteiger partial charge is 0.334 e. The monoisotopic (exact) mass is 396 g/mol. The Morgan fingerprint density at radius 3 is 2.07 bits per heavy atom. The van der Waals surface area contributed by atoms with Gasteiger partial charge in [0, 0.05) is 6.54 Å². The highest BCUT2D eigenvalue weighted by Gasteiger charge is 2.49. The number of rotatable bonds is 3. The number of nitrogens with zero attached hydrogens (tertiary/aromatic N) is 2. The lowest BCUT2D eigenvalue weighted by molar-refractivity contribution is -0.147. The Hall–Kier alpha value is -2.17. The molecule has 1 aliphatic carbocycles. The Bertz CT molecular complexity index is 784. The molecule has 0 spiro atoms. The van der Waals surface area contributed by atoms with Crippen molar-refractivity contribution in [3.05, 3.63) is 35.4 Å². The Kier molecular flexibility index (Phi) is 5.26. The Labute approximate surface area is 173 Å². The number of hydrogen-bond donors (Lipinski definition) is 0. The molecule has 0 aromatic heterocycles. The lowest BCUT2D eigenvalue weighted by atomic mass is 9.81. The summed E-state index contributed by atoms with van der Waals surface area (Å²) < 4.78 is 0. The fraction of sp³-hybridized carbons (Fsp3) is 0.625. The second-order valence-electron chi connectivity index (χ2n) is 9.88. The Morgan fingerprint density at radius 1 is 0.931 bits per heavy atom. The Morgan fingerprint density at radius 2 is 1.52 bits per heavy atom. The maximum atomic E-state index is 13.1. The second kappa shape index (κ2) is 7.58. The van der Waals surface area contributed by atoms with E-state index in [-0.39, 0.29) is 47.6 Å². The number of likely N-dealkylation sites (tertiary alicyclic amines) is 2. The van der Waals surface area contributed by atoms with E-state index in [0.29, 0.717) is 6.54 Å². The summed E-state index contributed by atoms with van der Waals surface area (Å²) >= 11 is 0. The molecule has 29 heavy (non-hydrogen) atoms. The lowest BCUT2D eigenvalue weighted by Crippen LogP contribution is -2.43. The van der Waals surface area contributed by atoms with Gasteiger partial charge in [-0.1, -0.05) is 57.9 Å². The number of benzene rings is 1. The van der Waals surface area contributed by atoms with E-state index in [4.69, 9.17) is 0 Å². The summed E-state index contributed by atoms with van der Waals surface area (Å²) in [5.41, 5.74) is 2.50. The summed E-state index contributed by atoms with van der Waals surface area (Å²) in [5.74, 6) is -0.740. The summed E-state index contributed by atoms with van der Waals surface area (Å²) in [6.45, 7) is 7.16. The topological polar surface area (TPSA) is 57.7 Å². The SMILES string of the molecule is CC(C)(C)c1ccc(C2CCCN2C(=O)CN2C(=O)C3CCCCC3C2=O)cc1. The van der Waals surface area contributed by atoms with Crippen LogP contribution in [0.2, 0.25) is 0 Å². The highest BCUT2D eigenvalue weighted by atomic mass is 16.2. The number of hydrogen-bond acceptors (Lipinski definition) is 3. The van der Waals surface area contributed by atoms with Crippen molar-refractivity contribution in [2.45, 2.75) is 70.8 Å². The van der Waals surface area contributed by atoms with E-state index in [9.17, 15) is 14.4 Å². The van der Waals surface area contributed by atoms with Crippen molar-refractivity contribution in [3.8, 4) is 0 Å². The first-order valence-electron chi connectivity index (χ1n) is 11.0. The van der Waals surface area contributed by atoms with Crippen LogP contribution >= 0.6 is 0 Å². The van der Waals surface area contributed by atoms with Crippen molar-refractivity contribution < 1.29 is 14.4 Å². The molecule has 1 aromatic carbocycles. The first-order chi connectivity index (χ1) is 13.8. The van der Waals surface area contributed by atoms with Crippen molar-refractivity contribution in [1.29, 1.82) is 0 Å². The minimum Gasteiger partial charge on any atom is -0.334 e. The van der Waals surface area contributed by atoms with E-state index in [0.717, 1.165) is 44.1 Å². The van der Waals surface area contributed by atoms with Crippen LogP contribution in [0, 0.1) is 11.8 Å². The van der Waals surface area contributed by atoms with Crippen LogP contribution < -0.4 is 0 Å². The van der Waals surface area contributed by atoms with Crippen molar-refractivity contribution in [3.63, 3.8) is 0 Å². The van der Waals surface area contributed by atoms with Crippen molar-refractivity contribution in [1.82, 2.24) is 9.80 Å². The normalized spacial score (nSPS) is 27.5. The highest BCUT2D eigenvalue weighted by molar-refractivity contribution is 6.07. The molecule has 5 nitrogen and oxygen atoms in total. The van der Waals surface area contributed by atoms with Gasteiger partial charge in [0.2, 0.25) is 17.7 Å². The smallest absolute Gasteiger partial charge is 0.243 e. The third kappa shape index (κ3) is 3.72. The molecule has 3 amide bonds. The van der Waals surface area contributed by atoms with Gasteiger partial charge in [0.25, 0.3) is 0 Å². The summed E-state index contributed by atoms with van der Waals surface area (Å²) in [6, 6.07) is 8.57. The van der Waals surface area contributed by atoms with E-state index in [1.54, 1.807) is 0 Å². The number of amides is 3. The maximum Gasteiger partial charge on any atom is 0.243 e. The molecule has 4 rings (SSSR count). The van der Waals surface area contributed by atoms with Crippen LogP contribution in [0.25, 0.3) is 0 Å². The van der Waals surface area contributed by atoms with Gasteiger partial charge in [-0.2, -0.15) is 0 Å². The average molecular weight is 397 g/mol. The van der Waals surface area contributed by atoms with Gasteiger partial charge in [-0.25, -0.2) is 0 Å². The van der Waals surface area contributed by atoms with Crippen molar-refractivity contribution >= 4 is 17.7 Å². The quantitative estimate of drug-likeness (QED) is 0.730. The summed E-state index contributed by atoms with van der Waals surface area (Å²) in [7, 11) is 0. The van der Waals surface area contributed by atoms with Gasteiger partial charge in [-0.15, -0.1) is 0 Å². The highest BCUT2D eigenvalue weighted by Crippen LogP contribution is 2.39. The van der Waals surface area contributed by atoms with Crippen LogP contribution in [-0.4, -0.2) is 40.6 Å². The summed E-state index contributed by atoms with van der Waals surface area (Å²) in [5, 5.41) is 0. The third-order valence-corrected chi connectivity index (χ3v) is 6.96. The average Bonchev–Trinajstić information content (AvgIpc) is 3.28. The zero-order valence-corrected chi connectivity index (χ0v) is 17.8. The molecule has 1 saturated carbocycles. The molecule has 0 N–H and O–H groups in total. The molecule has 2 aliphatic heterocycles. The minimum absolute atomic E-state index is 0.0339. The van der Waals surface area contributed by atoms with Crippen molar-refractivity contribution in [2.75, 3.05) is 13.1 Å². The maximum absolute atomic E-state index is 13.1. The van der Waals surface area contributed by atoms with Crippen LogP contribution in [0.5, 0.6) is 0 Å². The third-order valence-electron chi connectivity index (χ3n) is 6.96. The van der Waals surface area contributed by atoms with Gasteiger partial charge >= 0.3 is 0 Å². The van der Waals surface area contributed by atoms with Crippen LogP contribution in [0.4, 0.5) is 0 Å². The first kappa shape index (κ1) is 20.1. The molecule has 2 saturated heterocycles. The minimum atomic E-state index is -0.191. The standard InChI is InChI=1S/C24H32N2O3/c1-24(2,3)17-12-10-16(11-13-17)20-9-6-14-25(20)21(27)15-26-22(28)18-7-4-5-8-19(18)23(26)29/h10-13,18-20H,4-9,14-15H2,1-3H3. The molecule has 3 unspecified atom stereocenters. The number of carbonyl (C=O) groups excluding carboxylic acids is 3.